The molecule has 2 N–H and O–H groups in total. The Bertz CT molecular complexity index is 1950. The highest BCUT2D eigenvalue weighted by Crippen LogP contribution is 2.40. The minimum atomic E-state index is -3.93. The fourth-order valence-electron chi connectivity index (χ4n) is 4.65. The van der Waals surface area contributed by atoms with E-state index in [1.165, 1.54) is 31.6 Å². The van der Waals surface area contributed by atoms with Crippen molar-refractivity contribution in [2.75, 3.05) is 11.8 Å². The Kier molecular flexibility index (Phi) is 7.12. The Balaban J connectivity index is 1.56. The van der Waals surface area contributed by atoms with E-state index in [0.29, 0.717) is 22.8 Å². The maximum absolute atomic E-state index is 13.1. The first kappa shape index (κ1) is 26.7. The molecule has 4 aromatic carbocycles. The third kappa shape index (κ3) is 5.18. The molecule has 0 saturated heterocycles. The van der Waals surface area contributed by atoms with E-state index < -0.39 is 10.0 Å². The Hall–Kier alpha value is -5.48. The van der Waals surface area contributed by atoms with Gasteiger partial charge in [0.2, 0.25) is 5.95 Å². The van der Waals surface area contributed by atoms with Gasteiger partial charge in [-0.2, -0.15) is 0 Å². The van der Waals surface area contributed by atoms with Gasteiger partial charge in [0.15, 0.2) is 11.5 Å². The highest BCUT2D eigenvalue weighted by atomic mass is 32.2. The number of benzene rings is 4. The summed E-state index contributed by atoms with van der Waals surface area (Å²) < 4.78 is 35.9. The lowest BCUT2D eigenvalue weighted by atomic mass is 10.0. The summed E-state index contributed by atoms with van der Waals surface area (Å²) in [4.78, 5) is 13.1. The second kappa shape index (κ2) is 11.2. The lowest BCUT2D eigenvalue weighted by Crippen LogP contribution is -2.15. The third-order valence-corrected chi connectivity index (χ3v) is 7.95. The number of rotatable bonds is 8. The molecule has 2 heterocycles. The van der Waals surface area contributed by atoms with Gasteiger partial charge < -0.3 is 9.84 Å². The van der Waals surface area contributed by atoms with Gasteiger partial charge in [-0.05, 0) is 48.5 Å². The Morgan fingerprint density at radius 1 is 0.762 bits per heavy atom. The molecule has 0 fully saturated rings. The van der Waals surface area contributed by atoms with Crippen molar-refractivity contribution in [3.8, 4) is 51.1 Å². The van der Waals surface area contributed by atoms with Crippen LogP contribution in [0.15, 0.2) is 126 Å². The molecule has 0 amide bonds. The van der Waals surface area contributed by atoms with Crippen LogP contribution in [0, 0.1) is 0 Å². The van der Waals surface area contributed by atoms with E-state index >= 15 is 0 Å². The molecule has 6 rings (SSSR count). The highest BCUT2D eigenvalue weighted by Gasteiger charge is 2.24. The van der Waals surface area contributed by atoms with Gasteiger partial charge in [-0.25, -0.2) is 28.1 Å². The van der Waals surface area contributed by atoms with Crippen LogP contribution in [0.4, 0.5) is 5.95 Å². The maximum atomic E-state index is 13.1. The number of aromatic hydroxyl groups is 1. The number of aromatic nitrogens is 4. The second-order valence-corrected chi connectivity index (χ2v) is 10.9. The number of hydrogen-bond acceptors (Lipinski definition) is 7. The molecule has 2 aromatic heterocycles. The van der Waals surface area contributed by atoms with Crippen LogP contribution in [0.5, 0.6) is 11.5 Å². The summed E-state index contributed by atoms with van der Waals surface area (Å²) >= 11 is 0. The number of phenols is 1. The topological polar surface area (TPSA) is 119 Å². The second-order valence-electron chi connectivity index (χ2n) is 9.26. The van der Waals surface area contributed by atoms with Gasteiger partial charge in [0, 0.05) is 34.8 Å². The van der Waals surface area contributed by atoms with E-state index in [1.807, 2.05) is 65.2 Å². The summed E-state index contributed by atoms with van der Waals surface area (Å²) in [7, 11) is -2.44. The predicted molar refractivity (Wildman–Crippen MR) is 161 cm³/mol. The number of imidazole rings is 1. The molecule has 208 valence electrons. The molecule has 0 unspecified atom stereocenters. The van der Waals surface area contributed by atoms with Gasteiger partial charge >= 0.3 is 0 Å². The van der Waals surface area contributed by atoms with Gasteiger partial charge in [-0.15, -0.1) is 0 Å². The average Bonchev–Trinajstić information content (AvgIpc) is 3.43. The molecule has 0 saturated carbocycles. The minimum absolute atomic E-state index is 0.00961. The van der Waals surface area contributed by atoms with Crippen molar-refractivity contribution in [3.63, 3.8) is 0 Å². The number of ether oxygens (including phenoxy) is 1. The molecular weight excluding hydrogens is 550 g/mol. The van der Waals surface area contributed by atoms with Gasteiger partial charge in [0.1, 0.15) is 5.82 Å². The number of sulfonamides is 1. The molecule has 6 aromatic rings. The van der Waals surface area contributed by atoms with Crippen LogP contribution in [0.2, 0.25) is 0 Å². The van der Waals surface area contributed by atoms with E-state index in [2.05, 4.69) is 14.7 Å². The zero-order valence-electron chi connectivity index (χ0n) is 22.4. The fraction of sp³-hybridized carbons (Fsp3) is 0.0312. The average molecular weight is 576 g/mol. The first-order valence-electron chi connectivity index (χ1n) is 13.0. The summed E-state index contributed by atoms with van der Waals surface area (Å²) in [5, 5.41) is 10.3. The van der Waals surface area contributed by atoms with Crippen molar-refractivity contribution >= 4 is 16.0 Å². The number of phenolic OH excluding ortho intramolecular Hbond substituents is 1. The molecule has 0 atom stereocenters. The molecule has 0 spiro atoms. The number of anilines is 1. The molecule has 0 bridgehead atoms. The smallest absolute Gasteiger partial charge is 0.264 e. The predicted octanol–water partition coefficient (Wildman–Crippen LogP) is 6.18. The Morgan fingerprint density at radius 3 is 2.05 bits per heavy atom. The SMILES string of the molecule is COc1cc(-c2nc(-c3ccccc3)c(-c3ccccc3)n2-c2ccc(S(=O)(=O)Nc3ncccn3)cc2)ccc1O. The molecule has 42 heavy (non-hydrogen) atoms. The Labute approximate surface area is 242 Å². The van der Waals surface area contributed by atoms with Crippen molar-refractivity contribution in [1.82, 2.24) is 19.5 Å². The quantitative estimate of drug-likeness (QED) is 0.222. The molecule has 10 heteroatoms. The number of nitrogens with zero attached hydrogens (tertiary/aromatic N) is 4. The van der Waals surface area contributed by atoms with Crippen LogP contribution < -0.4 is 9.46 Å². The van der Waals surface area contributed by atoms with Crippen molar-refractivity contribution in [3.05, 3.63) is 122 Å². The number of nitrogens with one attached hydrogen (secondary N) is 1. The van der Waals surface area contributed by atoms with E-state index in [0.717, 1.165) is 22.5 Å². The molecule has 0 aliphatic carbocycles. The van der Waals surface area contributed by atoms with Crippen LogP contribution in [0.3, 0.4) is 0 Å². The fourth-order valence-corrected chi connectivity index (χ4v) is 5.60. The molecule has 0 aliphatic heterocycles. The zero-order valence-corrected chi connectivity index (χ0v) is 23.2. The van der Waals surface area contributed by atoms with E-state index in [9.17, 15) is 13.5 Å². The van der Waals surface area contributed by atoms with Gasteiger partial charge in [0.05, 0.1) is 23.4 Å². The molecule has 9 nitrogen and oxygen atoms in total. The standard InChI is InChI=1S/C32H25N5O4S/c1-41-28-21-24(13-18-27(28)38)31-35-29(22-9-4-2-5-10-22)30(23-11-6-3-7-12-23)37(31)25-14-16-26(17-15-25)42(39,40)36-32-33-19-8-20-34-32/h2-21,38H,1H3,(H,33,34,36). The van der Waals surface area contributed by atoms with Crippen LogP contribution >= 0.6 is 0 Å². The third-order valence-electron chi connectivity index (χ3n) is 6.61. The van der Waals surface area contributed by atoms with Gasteiger partial charge in [0.25, 0.3) is 10.0 Å². The van der Waals surface area contributed by atoms with Crippen molar-refractivity contribution in [1.29, 1.82) is 0 Å². The van der Waals surface area contributed by atoms with Crippen molar-refractivity contribution < 1.29 is 18.3 Å². The Morgan fingerprint density at radius 2 is 1.40 bits per heavy atom. The van der Waals surface area contributed by atoms with Crippen LogP contribution in [-0.2, 0) is 10.0 Å². The van der Waals surface area contributed by atoms with Crippen LogP contribution in [0.1, 0.15) is 0 Å². The summed E-state index contributed by atoms with van der Waals surface area (Å²) in [5.74, 6) is 0.881. The lowest BCUT2D eigenvalue weighted by Gasteiger charge is -2.15. The molecular formula is C32H25N5O4S. The van der Waals surface area contributed by atoms with Crippen LogP contribution in [0.25, 0.3) is 39.6 Å². The number of methoxy groups -OCH3 is 1. The van der Waals surface area contributed by atoms with E-state index in [-0.39, 0.29) is 16.6 Å². The summed E-state index contributed by atoms with van der Waals surface area (Å²) in [6.45, 7) is 0. The largest absolute Gasteiger partial charge is 0.504 e. The highest BCUT2D eigenvalue weighted by molar-refractivity contribution is 7.92. The first-order valence-corrected chi connectivity index (χ1v) is 14.4. The normalized spacial score (nSPS) is 11.3. The van der Waals surface area contributed by atoms with Crippen LogP contribution in [-0.4, -0.2) is 40.2 Å². The van der Waals surface area contributed by atoms with Crippen molar-refractivity contribution in [2.24, 2.45) is 0 Å². The van der Waals surface area contributed by atoms with Gasteiger partial charge in [-0.1, -0.05) is 60.7 Å². The van der Waals surface area contributed by atoms with Crippen molar-refractivity contribution in [2.45, 2.75) is 4.90 Å². The summed E-state index contributed by atoms with van der Waals surface area (Å²) in [6, 6.07) is 32.9. The van der Waals surface area contributed by atoms with E-state index in [4.69, 9.17) is 9.72 Å². The van der Waals surface area contributed by atoms with Gasteiger partial charge in [-0.3, -0.25) is 4.57 Å². The minimum Gasteiger partial charge on any atom is -0.504 e. The lowest BCUT2D eigenvalue weighted by molar-refractivity contribution is 0.373. The first-order chi connectivity index (χ1) is 20.4. The summed E-state index contributed by atoms with van der Waals surface area (Å²) in [6.07, 6.45) is 2.92. The zero-order chi connectivity index (χ0) is 29.1. The number of hydrogen-bond donors (Lipinski definition) is 2. The monoisotopic (exact) mass is 575 g/mol. The maximum Gasteiger partial charge on any atom is 0.264 e. The molecule has 0 radical (unpaired) electrons. The molecule has 0 aliphatic rings. The summed E-state index contributed by atoms with van der Waals surface area (Å²) in [5.41, 5.74) is 4.76. The van der Waals surface area contributed by atoms with E-state index in [1.54, 1.807) is 36.4 Å².